The molecule has 10 heteroatoms. The molecule has 29 heavy (non-hydrogen) atoms. The molecule has 2 aromatic carbocycles. The fourth-order valence-corrected chi connectivity index (χ4v) is 3.71. The summed E-state index contributed by atoms with van der Waals surface area (Å²) in [5.74, 6) is 0.646. The van der Waals surface area contributed by atoms with Gasteiger partial charge in [-0.05, 0) is 25.1 Å². The molecule has 1 amide bonds. The highest BCUT2D eigenvalue weighted by Crippen LogP contribution is 2.30. The number of thiazole rings is 1. The molecule has 0 saturated carbocycles. The monoisotopic (exact) mass is 409 g/mol. The number of non-ortho nitro benzene ring substituents is 1. The van der Waals surface area contributed by atoms with Gasteiger partial charge < -0.3 is 10.1 Å². The van der Waals surface area contributed by atoms with Gasteiger partial charge in [-0.25, -0.2) is 4.98 Å². The Hall–Kier alpha value is -3.79. The number of hydrogen-bond acceptors (Lipinski definition) is 7. The summed E-state index contributed by atoms with van der Waals surface area (Å²) < 4.78 is 7.72. The Morgan fingerprint density at radius 1 is 1.24 bits per heavy atom. The summed E-state index contributed by atoms with van der Waals surface area (Å²) in [6.07, 6.45) is 0. The summed E-state index contributed by atoms with van der Waals surface area (Å²) in [4.78, 5) is 27.6. The van der Waals surface area contributed by atoms with Crippen LogP contribution >= 0.6 is 11.3 Å². The first-order chi connectivity index (χ1) is 13.9. The van der Waals surface area contributed by atoms with E-state index in [1.165, 1.54) is 35.6 Å². The maximum atomic E-state index is 12.6. The van der Waals surface area contributed by atoms with Crippen LogP contribution < -0.4 is 10.1 Å². The van der Waals surface area contributed by atoms with Gasteiger partial charge in [0.25, 0.3) is 11.6 Å². The van der Waals surface area contributed by atoms with E-state index in [0.29, 0.717) is 22.4 Å². The molecule has 0 spiro atoms. The average molecular weight is 409 g/mol. The quantitative estimate of drug-likeness (QED) is 0.394. The number of amides is 1. The first-order valence-electron chi connectivity index (χ1n) is 8.52. The molecule has 1 N–H and O–H groups in total. The molecule has 0 aliphatic rings. The zero-order chi connectivity index (χ0) is 20.5. The van der Waals surface area contributed by atoms with E-state index in [9.17, 15) is 14.9 Å². The number of carbonyl (C=O) groups excluding carboxylic acids is 1. The Morgan fingerprint density at radius 2 is 2.07 bits per heavy atom. The van der Waals surface area contributed by atoms with Crippen LogP contribution in [-0.2, 0) is 0 Å². The van der Waals surface area contributed by atoms with Crippen LogP contribution in [0, 0.1) is 17.0 Å². The van der Waals surface area contributed by atoms with Crippen LogP contribution in [0.3, 0.4) is 0 Å². The van der Waals surface area contributed by atoms with Crippen molar-refractivity contribution < 1.29 is 14.5 Å². The molecule has 0 radical (unpaired) electrons. The van der Waals surface area contributed by atoms with Gasteiger partial charge in [0.05, 0.1) is 27.9 Å². The number of aromatic nitrogens is 3. The van der Waals surface area contributed by atoms with Crippen molar-refractivity contribution in [3.8, 4) is 10.9 Å². The van der Waals surface area contributed by atoms with Crippen molar-refractivity contribution in [2.24, 2.45) is 0 Å². The van der Waals surface area contributed by atoms with Crippen LogP contribution in [0.4, 0.5) is 11.5 Å². The second-order valence-electron chi connectivity index (χ2n) is 6.17. The van der Waals surface area contributed by atoms with Crippen LogP contribution in [0.1, 0.15) is 16.1 Å². The largest absolute Gasteiger partial charge is 0.497 e. The number of nitro benzene ring substituents is 1. The van der Waals surface area contributed by atoms with Gasteiger partial charge in [0.1, 0.15) is 11.6 Å². The number of carbonyl (C=O) groups is 1. The Morgan fingerprint density at radius 3 is 2.83 bits per heavy atom. The number of benzene rings is 2. The highest BCUT2D eigenvalue weighted by Gasteiger charge is 2.17. The SMILES string of the molecule is COc1ccc2sc(-n3nc(C)cc3NC(=O)c3cccc([N+](=O)[O-])c3)nc2c1. The van der Waals surface area contributed by atoms with Crippen molar-refractivity contribution in [2.75, 3.05) is 12.4 Å². The number of nitrogens with one attached hydrogen (secondary N) is 1. The number of ether oxygens (including phenoxy) is 1. The summed E-state index contributed by atoms with van der Waals surface area (Å²) in [6, 6.07) is 12.8. The number of anilines is 1. The van der Waals surface area contributed by atoms with Crippen LogP contribution in [0.25, 0.3) is 15.3 Å². The molecule has 0 aliphatic heterocycles. The number of fused-ring (bicyclic) bond motifs is 1. The van der Waals surface area contributed by atoms with E-state index in [1.54, 1.807) is 24.8 Å². The molecule has 2 heterocycles. The van der Waals surface area contributed by atoms with Gasteiger partial charge in [0.2, 0.25) is 5.13 Å². The zero-order valence-electron chi connectivity index (χ0n) is 15.4. The van der Waals surface area contributed by atoms with Gasteiger partial charge in [0.15, 0.2) is 0 Å². The van der Waals surface area contributed by atoms with E-state index < -0.39 is 10.8 Å². The minimum Gasteiger partial charge on any atom is -0.497 e. The second-order valence-corrected chi connectivity index (χ2v) is 7.18. The molecule has 9 nitrogen and oxygen atoms in total. The van der Waals surface area contributed by atoms with Crippen molar-refractivity contribution in [1.29, 1.82) is 0 Å². The van der Waals surface area contributed by atoms with Gasteiger partial charge in [0, 0.05) is 29.8 Å². The van der Waals surface area contributed by atoms with Crippen molar-refractivity contribution >= 4 is 39.0 Å². The fourth-order valence-electron chi connectivity index (χ4n) is 2.80. The summed E-state index contributed by atoms with van der Waals surface area (Å²) >= 11 is 1.42. The average Bonchev–Trinajstić information content (AvgIpc) is 3.30. The van der Waals surface area contributed by atoms with Gasteiger partial charge in [-0.3, -0.25) is 14.9 Å². The number of aryl methyl sites for hydroxylation is 1. The molecule has 0 aliphatic carbocycles. The number of rotatable bonds is 5. The fraction of sp³-hybridized carbons (Fsp3) is 0.105. The molecule has 146 valence electrons. The number of nitrogens with zero attached hydrogens (tertiary/aromatic N) is 4. The van der Waals surface area contributed by atoms with Crippen molar-refractivity contribution in [1.82, 2.24) is 14.8 Å². The molecule has 0 bridgehead atoms. The maximum Gasteiger partial charge on any atom is 0.270 e. The molecule has 4 aromatic rings. The van der Waals surface area contributed by atoms with Crippen LogP contribution in [0.15, 0.2) is 48.5 Å². The zero-order valence-corrected chi connectivity index (χ0v) is 16.3. The third kappa shape index (κ3) is 3.65. The lowest BCUT2D eigenvalue weighted by molar-refractivity contribution is -0.384. The molecular formula is C19H15N5O4S. The normalized spacial score (nSPS) is 10.8. The highest BCUT2D eigenvalue weighted by atomic mass is 32.1. The van der Waals surface area contributed by atoms with E-state index in [4.69, 9.17) is 4.74 Å². The Balaban J connectivity index is 1.67. The van der Waals surface area contributed by atoms with E-state index >= 15 is 0 Å². The first kappa shape index (κ1) is 18.6. The number of methoxy groups -OCH3 is 1. The standard InChI is InChI=1S/C19H15N5O4S/c1-11-8-17(21-18(25)12-4-3-5-13(9-12)24(26)27)23(22-11)19-20-15-10-14(28-2)6-7-16(15)29-19/h3-10H,1-2H3,(H,21,25). The third-order valence-corrected chi connectivity index (χ3v) is 5.17. The maximum absolute atomic E-state index is 12.6. The Kier molecular flexibility index (Phi) is 4.69. The van der Waals surface area contributed by atoms with Crippen LogP contribution in [0.5, 0.6) is 5.75 Å². The second kappa shape index (κ2) is 7.32. The van der Waals surface area contributed by atoms with Gasteiger partial charge >= 0.3 is 0 Å². The number of nitro groups is 1. The van der Waals surface area contributed by atoms with Crippen molar-refractivity contribution in [2.45, 2.75) is 6.92 Å². The summed E-state index contributed by atoms with van der Waals surface area (Å²) in [7, 11) is 1.59. The van der Waals surface area contributed by atoms with E-state index in [-0.39, 0.29) is 11.3 Å². The lowest BCUT2D eigenvalue weighted by Crippen LogP contribution is -2.15. The Bertz CT molecular complexity index is 1250. The minimum atomic E-state index is -0.541. The molecule has 0 atom stereocenters. The molecule has 0 fully saturated rings. The van der Waals surface area contributed by atoms with E-state index in [2.05, 4.69) is 15.4 Å². The van der Waals surface area contributed by atoms with Crippen LogP contribution in [-0.4, -0.2) is 32.7 Å². The molecule has 0 saturated heterocycles. The van der Waals surface area contributed by atoms with E-state index in [1.807, 2.05) is 18.2 Å². The Labute approximate surface area is 168 Å². The van der Waals surface area contributed by atoms with Crippen LogP contribution in [0.2, 0.25) is 0 Å². The summed E-state index contributed by atoms with van der Waals surface area (Å²) in [5.41, 5.74) is 1.48. The molecule has 0 unspecified atom stereocenters. The van der Waals surface area contributed by atoms with E-state index in [0.717, 1.165) is 10.2 Å². The minimum absolute atomic E-state index is 0.151. The smallest absolute Gasteiger partial charge is 0.270 e. The summed E-state index contributed by atoms with van der Waals surface area (Å²) in [6.45, 7) is 1.80. The van der Waals surface area contributed by atoms with Gasteiger partial charge in [-0.1, -0.05) is 17.4 Å². The molecular weight excluding hydrogens is 394 g/mol. The van der Waals surface area contributed by atoms with Gasteiger partial charge in [-0.2, -0.15) is 9.78 Å². The third-order valence-electron chi connectivity index (χ3n) is 4.16. The van der Waals surface area contributed by atoms with Crippen molar-refractivity contribution in [3.05, 3.63) is 69.9 Å². The number of hydrogen-bond donors (Lipinski definition) is 1. The van der Waals surface area contributed by atoms with Crippen molar-refractivity contribution in [3.63, 3.8) is 0 Å². The first-order valence-corrected chi connectivity index (χ1v) is 9.33. The predicted octanol–water partition coefficient (Wildman–Crippen LogP) is 3.96. The molecule has 4 rings (SSSR count). The topological polar surface area (TPSA) is 112 Å². The predicted molar refractivity (Wildman–Crippen MR) is 109 cm³/mol. The lowest BCUT2D eigenvalue weighted by Gasteiger charge is -2.06. The van der Waals surface area contributed by atoms with Gasteiger partial charge in [-0.15, -0.1) is 0 Å². The summed E-state index contributed by atoms with van der Waals surface area (Å²) in [5, 5.41) is 18.7. The highest BCUT2D eigenvalue weighted by molar-refractivity contribution is 7.20. The molecule has 2 aromatic heterocycles. The lowest BCUT2D eigenvalue weighted by atomic mass is 10.2.